The molecule has 0 atom stereocenters. The van der Waals surface area contributed by atoms with E-state index in [4.69, 9.17) is 13.3 Å². The van der Waals surface area contributed by atoms with E-state index in [1.165, 1.54) is 0 Å². The number of rotatable bonds is 13. The van der Waals surface area contributed by atoms with E-state index in [1.54, 1.807) is 14.2 Å². The quantitative estimate of drug-likeness (QED) is 0.439. The fraction of sp³-hybridized carbons (Fsp3) is 1.00. The molecule has 0 aliphatic rings. The highest BCUT2D eigenvalue weighted by Crippen LogP contribution is 2.35. The molecule has 0 fully saturated rings. The van der Waals surface area contributed by atoms with Gasteiger partial charge in [-0.15, -0.1) is 0 Å². The summed E-state index contributed by atoms with van der Waals surface area (Å²) in [5.41, 5.74) is -0.0514. The normalized spacial score (nSPS) is 12.9. The monoisotopic (exact) mass is 304 g/mol. The Morgan fingerprint density at radius 1 is 0.750 bits per heavy atom. The van der Waals surface area contributed by atoms with Gasteiger partial charge in [0.1, 0.15) is 0 Å². The Morgan fingerprint density at radius 2 is 1.20 bits per heavy atom. The lowest BCUT2D eigenvalue weighted by atomic mass is 9.88. The van der Waals surface area contributed by atoms with E-state index in [9.17, 15) is 0 Å². The molecule has 3 nitrogen and oxygen atoms in total. The van der Waals surface area contributed by atoms with Gasteiger partial charge in [0.25, 0.3) is 0 Å². The summed E-state index contributed by atoms with van der Waals surface area (Å²) >= 11 is 0. The molecule has 4 heteroatoms. The molecule has 0 rings (SSSR count). The SMILES string of the molecule is CCCC[Si](OC)(OC)OC(CCC)(CCC)CCC. The van der Waals surface area contributed by atoms with Crippen LogP contribution in [-0.2, 0) is 13.3 Å². The maximum atomic E-state index is 6.64. The average molecular weight is 305 g/mol. The molecule has 122 valence electrons. The van der Waals surface area contributed by atoms with Crippen LogP contribution in [0.2, 0.25) is 6.04 Å². The lowest BCUT2D eigenvalue weighted by Gasteiger charge is -2.41. The molecule has 0 bridgehead atoms. The molecular formula is C16H36O3Si. The highest BCUT2D eigenvalue weighted by Gasteiger charge is 2.45. The second kappa shape index (κ2) is 10.8. The predicted molar refractivity (Wildman–Crippen MR) is 88.0 cm³/mol. The molecule has 0 aliphatic carbocycles. The van der Waals surface area contributed by atoms with Crippen LogP contribution in [0.25, 0.3) is 0 Å². The van der Waals surface area contributed by atoms with Gasteiger partial charge in [0, 0.05) is 20.3 Å². The van der Waals surface area contributed by atoms with E-state index in [1.807, 2.05) is 0 Å². The van der Waals surface area contributed by atoms with Crippen molar-refractivity contribution in [2.45, 2.75) is 90.7 Å². The number of hydrogen-bond donors (Lipinski definition) is 0. The fourth-order valence-corrected chi connectivity index (χ4v) is 5.64. The Hall–Kier alpha value is 0.0969. The molecular weight excluding hydrogens is 268 g/mol. The van der Waals surface area contributed by atoms with Crippen molar-refractivity contribution in [2.75, 3.05) is 14.2 Å². The van der Waals surface area contributed by atoms with Crippen molar-refractivity contribution in [1.29, 1.82) is 0 Å². The highest BCUT2D eigenvalue weighted by atomic mass is 28.4. The Bertz CT molecular complexity index is 213. The van der Waals surface area contributed by atoms with Crippen LogP contribution < -0.4 is 0 Å². The Balaban J connectivity index is 5.11. The minimum atomic E-state index is -2.51. The van der Waals surface area contributed by atoms with Crippen molar-refractivity contribution in [2.24, 2.45) is 0 Å². The van der Waals surface area contributed by atoms with E-state index in [-0.39, 0.29) is 5.60 Å². The molecule has 0 spiro atoms. The van der Waals surface area contributed by atoms with Crippen LogP contribution >= 0.6 is 0 Å². The van der Waals surface area contributed by atoms with Gasteiger partial charge in [-0.25, -0.2) is 0 Å². The summed E-state index contributed by atoms with van der Waals surface area (Å²) in [5, 5.41) is 0. The summed E-state index contributed by atoms with van der Waals surface area (Å²) < 4.78 is 18.2. The van der Waals surface area contributed by atoms with Gasteiger partial charge in [-0.3, -0.25) is 0 Å². The molecule has 0 saturated heterocycles. The summed E-state index contributed by atoms with van der Waals surface area (Å²) in [6, 6.07) is 0.926. The van der Waals surface area contributed by atoms with Gasteiger partial charge in [-0.05, 0) is 25.7 Å². The van der Waals surface area contributed by atoms with Crippen molar-refractivity contribution in [3.63, 3.8) is 0 Å². The first-order chi connectivity index (χ1) is 9.57. The molecule has 0 aromatic heterocycles. The zero-order valence-electron chi connectivity index (χ0n) is 14.6. The third-order valence-corrected chi connectivity index (χ3v) is 6.90. The molecule has 0 aliphatic heterocycles. The first-order valence-electron chi connectivity index (χ1n) is 8.38. The molecule has 0 amide bonds. The van der Waals surface area contributed by atoms with E-state index >= 15 is 0 Å². The summed E-state index contributed by atoms with van der Waals surface area (Å²) in [5.74, 6) is 0. The first-order valence-corrected chi connectivity index (χ1v) is 10.3. The lowest BCUT2D eigenvalue weighted by molar-refractivity contribution is -0.0358. The topological polar surface area (TPSA) is 27.7 Å². The van der Waals surface area contributed by atoms with Crippen LogP contribution in [0.3, 0.4) is 0 Å². The van der Waals surface area contributed by atoms with Crippen LogP contribution in [0.5, 0.6) is 0 Å². The maximum Gasteiger partial charge on any atom is 0.500 e. The van der Waals surface area contributed by atoms with Crippen LogP contribution in [0.4, 0.5) is 0 Å². The average Bonchev–Trinajstić information content (AvgIpc) is 2.44. The van der Waals surface area contributed by atoms with Gasteiger partial charge in [-0.1, -0.05) is 53.4 Å². The zero-order valence-corrected chi connectivity index (χ0v) is 15.6. The number of unbranched alkanes of at least 4 members (excludes halogenated alkanes) is 1. The molecule has 0 radical (unpaired) electrons. The molecule has 0 unspecified atom stereocenters. The van der Waals surface area contributed by atoms with Crippen molar-refractivity contribution in [1.82, 2.24) is 0 Å². The zero-order chi connectivity index (χ0) is 15.5. The summed E-state index contributed by atoms with van der Waals surface area (Å²) in [6.45, 7) is 8.90. The Labute approximate surface area is 127 Å². The van der Waals surface area contributed by atoms with Gasteiger partial charge in [-0.2, -0.15) is 0 Å². The Kier molecular flexibility index (Phi) is 10.8. The maximum absolute atomic E-state index is 6.64. The molecule has 0 aromatic carbocycles. The van der Waals surface area contributed by atoms with Gasteiger partial charge < -0.3 is 13.3 Å². The third-order valence-electron chi connectivity index (χ3n) is 3.95. The van der Waals surface area contributed by atoms with Crippen LogP contribution in [-0.4, -0.2) is 28.6 Å². The van der Waals surface area contributed by atoms with Crippen molar-refractivity contribution in [3.8, 4) is 0 Å². The standard InChI is InChI=1S/C16H36O3Si/c1-7-11-15-20(17-5,18-6)19-16(12-8-2,13-9-3)14-10-4/h7-15H2,1-6H3. The van der Waals surface area contributed by atoms with E-state index in [0.29, 0.717) is 0 Å². The minimum absolute atomic E-state index is 0.0514. The summed E-state index contributed by atoms with van der Waals surface area (Å²) in [6.07, 6.45) is 8.98. The second-order valence-electron chi connectivity index (χ2n) is 5.73. The molecule has 0 N–H and O–H groups in total. The van der Waals surface area contributed by atoms with Crippen molar-refractivity contribution < 1.29 is 13.3 Å². The third kappa shape index (κ3) is 6.25. The lowest BCUT2D eigenvalue weighted by Crippen LogP contribution is -2.52. The second-order valence-corrected chi connectivity index (χ2v) is 8.62. The highest BCUT2D eigenvalue weighted by molar-refractivity contribution is 6.60. The molecule has 0 aromatic rings. The van der Waals surface area contributed by atoms with Gasteiger partial charge in [0.2, 0.25) is 0 Å². The molecule has 0 heterocycles. The molecule has 20 heavy (non-hydrogen) atoms. The van der Waals surface area contributed by atoms with Gasteiger partial charge in [0.05, 0.1) is 5.60 Å². The largest absolute Gasteiger partial charge is 0.500 e. The first kappa shape index (κ1) is 20.1. The van der Waals surface area contributed by atoms with Crippen LogP contribution in [0.1, 0.15) is 79.1 Å². The van der Waals surface area contributed by atoms with Crippen LogP contribution in [0.15, 0.2) is 0 Å². The number of hydrogen-bond acceptors (Lipinski definition) is 3. The van der Waals surface area contributed by atoms with E-state index in [2.05, 4.69) is 27.7 Å². The smallest absolute Gasteiger partial charge is 0.377 e. The minimum Gasteiger partial charge on any atom is -0.377 e. The van der Waals surface area contributed by atoms with Crippen LogP contribution in [0, 0.1) is 0 Å². The van der Waals surface area contributed by atoms with E-state index < -0.39 is 8.80 Å². The molecule has 0 saturated carbocycles. The van der Waals surface area contributed by atoms with Crippen molar-refractivity contribution >= 4 is 8.80 Å². The van der Waals surface area contributed by atoms with Gasteiger partial charge >= 0.3 is 8.80 Å². The fourth-order valence-electron chi connectivity index (χ4n) is 3.04. The van der Waals surface area contributed by atoms with E-state index in [0.717, 1.165) is 57.4 Å². The van der Waals surface area contributed by atoms with Crippen molar-refractivity contribution in [3.05, 3.63) is 0 Å². The summed E-state index contributed by atoms with van der Waals surface area (Å²) in [7, 11) is 0.988. The Morgan fingerprint density at radius 3 is 1.50 bits per heavy atom. The predicted octanol–water partition coefficient (Wildman–Crippen LogP) is 5.17. The summed E-state index contributed by atoms with van der Waals surface area (Å²) in [4.78, 5) is 0. The van der Waals surface area contributed by atoms with Gasteiger partial charge in [0.15, 0.2) is 0 Å².